The summed E-state index contributed by atoms with van der Waals surface area (Å²) in [5.41, 5.74) is 7.54. The van der Waals surface area contributed by atoms with Crippen molar-refractivity contribution in [3.63, 3.8) is 0 Å². The first kappa shape index (κ1) is 10.6. The van der Waals surface area contributed by atoms with E-state index >= 15 is 0 Å². The van der Waals surface area contributed by atoms with Gasteiger partial charge in [0.15, 0.2) is 0 Å². The maximum absolute atomic E-state index is 11.7. The summed E-state index contributed by atoms with van der Waals surface area (Å²) < 4.78 is 0. The second-order valence-corrected chi connectivity index (χ2v) is 4.93. The molecule has 1 aromatic rings. The van der Waals surface area contributed by atoms with E-state index in [4.69, 9.17) is 5.73 Å². The van der Waals surface area contributed by atoms with Crippen LogP contribution in [0, 0.1) is 5.92 Å². The highest BCUT2D eigenvalue weighted by molar-refractivity contribution is 7.09. The molecule has 3 N–H and O–H groups in total. The van der Waals surface area contributed by atoms with Crippen LogP contribution in [0.25, 0.3) is 0 Å². The average Bonchev–Trinajstić information content (AvgIpc) is 2.84. The van der Waals surface area contributed by atoms with Crippen molar-refractivity contribution in [3.8, 4) is 0 Å². The summed E-state index contributed by atoms with van der Waals surface area (Å²) in [6.45, 7) is 0.592. The number of nitrogens with two attached hydrogens (primary N) is 1. The van der Waals surface area contributed by atoms with Crippen LogP contribution in [0.3, 0.4) is 0 Å². The first-order valence-electron chi connectivity index (χ1n) is 5.16. The quantitative estimate of drug-likeness (QED) is 0.802. The van der Waals surface area contributed by atoms with E-state index in [1.54, 1.807) is 23.0 Å². The molecule has 2 unspecified atom stereocenters. The number of rotatable bonds is 3. The van der Waals surface area contributed by atoms with Crippen molar-refractivity contribution in [2.45, 2.75) is 31.8 Å². The van der Waals surface area contributed by atoms with Crippen molar-refractivity contribution in [2.75, 3.05) is 0 Å². The Kier molecular flexibility index (Phi) is 3.33. The zero-order valence-corrected chi connectivity index (χ0v) is 9.30. The van der Waals surface area contributed by atoms with E-state index in [1.165, 1.54) is 0 Å². The molecule has 1 amide bonds. The molecule has 15 heavy (non-hydrogen) atoms. The number of aromatic nitrogens is 1. The third-order valence-corrected chi connectivity index (χ3v) is 3.54. The monoisotopic (exact) mass is 225 g/mol. The third-order valence-electron chi connectivity index (χ3n) is 2.76. The lowest BCUT2D eigenvalue weighted by Crippen LogP contribution is -2.29. The van der Waals surface area contributed by atoms with Crippen LogP contribution in [-0.2, 0) is 11.3 Å². The van der Waals surface area contributed by atoms with Gasteiger partial charge in [-0.25, -0.2) is 0 Å². The van der Waals surface area contributed by atoms with Gasteiger partial charge in [-0.2, -0.15) is 0 Å². The van der Waals surface area contributed by atoms with Crippen LogP contribution in [0.2, 0.25) is 0 Å². The van der Waals surface area contributed by atoms with Crippen molar-refractivity contribution >= 4 is 17.2 Å². The number of thiazole rings is 1. The normalized spacial score (nSPS) is 25.4. The molecule has 4 nitrogen and oxygen atoms in total. The number of carbonyl (C=O) groups is 1. The molecule has 1 aliphatic carbocycles. The Morgan fingerprint density at radius 2 is 2.53 bits per heavy atom. The molecule has 0 saturated heterocycles. The van der Waals surface area contributed by atoms with Crippen molar-refractivity contribution in [1.29, 1.82) is 0 Å². The van der Waals surface area contributed by atoms with E-state index in [-0.39, 0.29) is 17.9 Å². The Labute approximate surface area is 92.9 Å². The molecule has 2 rings (SSSR count). The number of hydrogen-bond donors (Lipinski definition) is 2. The van der Waals surface area contributed by atoms with E-state index in [0.29, 0.717) is 6.54 Å². The van der Waals surface area contributed by atoms with Crippen molar-refractivity contribution in [3.05, 3.63) is 16.6 Å². The third kappa shape index (κ3) is 2.76. The van der Waals surface area contributed by atoms with Gasteiger partial charge < -0.3 is 11.1 Å². The highest BCUT2D eigenvalue weighted by Crippen LogP contribution is 2.24. The van der Waals surface area contributed by atoms with Crippen LogP contribution in [0.1, 0.15) is 24.1 Å². The van der Waals surface area contributed by atoms with Gasteiger partial charge in [0.1, 0.15) is 0 Å². The van der Waals surface area contributed by atoms with E-state index in [1.807, 2.05) is 0 Å². The fourth-order valence-electron chi connectivity index (χ4n) is 1.90. The number of nitrogens with one attached hydrogen (secondary N) is 1. The molecule has 82 valence electrons. The molecule has 0 aliphatic heterocycles. The van der Waals surface area contributed by atoms with Crippen LogP contribution in [0.15, 0.2) is 11.7 Å². The van der Waals surface area contributed by atoms with E-state index < -0.39 is 0 Å². The summed E-state index contributed by atoms with van der Waals surface area (Å²) in [5, 5.41) is 2.92. The van der Waals surface area contributed by atoms with Crippen LogP contribution >= 0.6 is 11.3 Å². The van der Waals surface area contributed by atoms with E-state index in [0.717, 1.165) is 24.1 Å². The molecular formula is C10H15N3OS. The van der Waals surface area contributed by atoms with Gasteiger partial charge in [-0.15, -0.1) is 11.3 Å². The van der Waals surface area contributed by atoms with Crippen molar-refractivity contribution in [2.24, 2.45) is 11.7 Å². The number of nitrogens with zero attached hydrogens (tertiary/aromatic N) is 1. The maximum atomic E-state index is 11.7. The van der Waals surface area contributed by atoms with E-state index in [2.05, 4.69) is 10.3 Å². The highest BCUT2D eigenvalue weighted by Gasteiger charge is 2.27. The van der Waals surface area contributed by atoms with E-state index in [9.17, 15) is 4.79 Å². The van der Waals surface area contributed by atoms with Crippen molar-refractivity contribution < 1.29 is 4.79 Å². The zero-order valence-electron chi connectivity index (χ0n) is 8.48. The number of amides is 1. The van der Waals surface area contributed by atoms with Crippen molar-refractivity contribution in [1.82, 2.24) is 10.3 Å². The molecule has 1 heterocycles. The smallest absolute Gasteiger partial charge is 0.223 e. The topological polar surface area (TPSA) is 68.0 Å². The van der Waals surface area contributed by atoms with Crippen LogP contribution in [-0.4, -0.2) is 16.9 Å². The second-order valence-electron chi connectivity index (χ2n) is 3.96. The SMILES string of the molecule is NC1CCC(C(=O)NCc2cncs2)C1. The molecule has 0 aromatic carbocycles. The Balaban J connectivity index is 1.78. The van der Waals surface area contributed by atoms with Crippen LogP contribution in [0.4, 0.5) is 0 Å². The zero-order chi connectivity index (χ0) is 10.7. The van der Waals surface area contributed by atoms with Gasteiger partial charge in [0, 0.05) is 23.0 Å². The molecule has 2 atom stereocenters. The van der Waals surface area contributed by atoms with Crippen LogP contribution in [0.5, 0.6) is 0 Å². The fourth-order valence-corrected chi connectivity index (χ4v) is 2.44. The number of hydrogen-bond acceptors (Lipinski definition) is 4. The predicted molar refractivity (Wildman–Crippen MR) is 59.3 cm³/mol. The summed E-state index contributed by atoms with van der Waals surface area (Å²) in [4.78, 5) is 16.7. The second kappa shape index (κ2) is 4.72. The highest BCUT2D eigenvalue weighted by atomic mass is 32.1. The molecule has 1 aromatic heterocycles. The fraction of sp³-hybridized carbons (Fsp3) is 0.600. The Bertz CT molecular complexity index is 325. The lowest BCUT2D eigenvalue weighted by atomic mass is 10.1. The van der Waals surface area contributed by atoms with Gasteiger partial charge >= 0.3 is 0 Å². The standard InChI is InChI=1S/C10H15N3OS/c11-8-2-1-7(3-8)10(14)13-5-9-4-12-6-15-9/h4,6-8H,1-3,5,11H2,(H,13,14). The molecule has 1 aliphatic rings. The van der Waals surface area contributed by atoms with Gasteiger partial charge in [0.05, 0.1) is 12.1 Å². The maximum Gasteiger partial charge on any atom is 0.223 e. The molecule has 1 saturated carbocycles. The minimum absolute atomic E-state index is 0.118. The Hall–Kier alpha value is -0.940. The Morgan fingerprint density at radius 3 is 3.13 bits per heavy atom. The average molecular weight is 225 g/mol. The molecule has 1 fully saturated rings. The molecule has 0 spiro atoms. The largest absolute Gasteiger partial charge is 0.351 e. The molecular weight excluding hydrogens is 210 g/mol. The lowest BCUT2D eigenvalue weighted by molar-refractivity contribution is -0.124. The minimum Gasteiger partial charge on any atom is -0.351 e. The van der Waals surface area contributed by atoms with Gasteiger partial charge in [0.2, 0.25) is 5.91 Å². The Morgan fingerprint density at radius 1 is 1.67 bits per heavy atom. The lowest BCUT2D eigenvalue weighted by Gasteiger charge is -2.09. The molecule has 5 heteroatoms. The summed E-state index contributed by atoms with van der Waals surface area (Å²) in [7, 11) is 0. The van der Waals surface area contributed by atoms with Gasteiger partial charge in [0.25, 0.3) is 0 Å². The van der Waals surface area contributed by atoms with Crippen LogP contribution < -0.4 is 11.1 Å². The first-order valence-corrected chi connectivity index (χ1v) is 6.04. The summed E-state index contributed by atoms with van der Waals surface area (Å²) >= 11 is 1.56. The minimum atomic E-state index is 0.118. The van der Waals surface area contributed by atoms with Gasteiger partial charge in [-0.05, 0) is 19.3 Å². The van der Waals surface area contributed by atoms with Gasteiger partial charge in [-0.3, -0.25) is 9.78 Å². The summed E-state index contributed by atoms with van der Waals surface area (Å²) in [6.07, 6.45) is 4.51. The van der Waals surface area contributed by atoms with Gasteiger partial charge in [-0.1, -0.05) is 0 Å². The summed E-state index contributed by atoms with van der Waals surface area (Å²) in [5.74, 6) is 0.254. The predicted octanol–water partition coefficient (Wildman–Crippen LogP) is 0.887. The summed E-state index contributed by atoms with van der Waals surface area (Å²) in [6, 6.07) is 0.212. The number of carbonyl (C=O) groups excluding carboxylic acids is 1. The first-order chi connectivity index (χ1) is 7.25. The molecule has 0 radical (unpaired) electrons. The molecule has 0 bridgehead atoms.